The van der Waals surface area contributed by atoms with Crippen LogP contribution in [0.25, 0.3) is 10.9 Å². The van der Waals surface area contributed by atoms with Gasteiger partial charge in [-0.2, -0.15) is 0 Å². The number of pyridine rings is 1. The number of nitrogens with zero attached hydrogens (tertiary/aromatic N) is 2. The second-order valence-electron chi connectivity index (χ2n) is 9.56. The zero-order valence-corrected chi connectivity index (χ0v) is 19.0. The molecule has 0 N–H and O–H groups in total. The van der Waals surface area contributed by atoms with Crippen molar-refractivity contribution in [3.05, 3.63) is 46.1 Å². The van der Waals surface area contributed by atoms with Crippen molar-refractivity contribution in [2.45, 2.75) is 71.9 Å². The molecule has 31 heavy (non-hydrogen) atoms. The number of carbonyl (C=O) groups is 1. The summed E-state index contributed by atoms with van der Waals surface area (Å²) >= 11 is 0. The van der Waals surface area contributed by atoms with Gasteiger partial charge in [-0.1, -0.05) is 26.8 Å². The minimum Gasteiger partial charge on any atom is -0.490 e. The van der Waals surface area contributed by atoms with E-state index in [1.807, 2.05) is 12.1 Å². The molecule has 1 aliphatic carbocycles. The quantitative estimate of drug-likeness (QED) is 0.353. The summed E-state index contributed by atoms with van der Waals surface area (Å²) in [5.74, 6) is 0.572. The SMILES string of the molecule is CCOC(=O)C(C)(c1ccc2cc(OC3CCC(C(C)(C)C)CC3)ccc2n1)[N+](=O)[O-]. The summed E-state index contributed by atoms with van der Waals surface area (Å²) in [7, 11) is 0. The van der Waals surface area contributed by atoms with Crippen molar-refractivity contribution in [3.8, 4) is 5.75 Å². The average molecular weight is 429 g/mol. The first-order chi connectivity index (χ1) is 14.6. The van der Waals surface area contributed by atoms with Crippen LogP contribution in [-0.4, -0.2) is 28.6 Å². The number of nitro groups is 1. The normalized spacial score (nSPS) is 21.3. The molecule has 0 aliphatic heterocycles. The van der Waals surface area contributed by atoms with Crippen LogP contribution >= 0.6 is 0 Å². The fourth-order valence-corrected chi connectivity index (χ4v) is 4.23. The van der Waals surface area contributed by atoms with Crippen LogP contribution in [0.5, 0.6) is 5.75 Å². The van der Waals surface area contributed by atoms with E-state index >= 15 is 0 Å². The zero-order valence-electron chi connectivity index (χ0n) is 19.0. The number of esters is 1. The lowest BCUT2D eigenvalue weighted by atomic mass is 9.72. The van der Waals surface area contributed by atoms with Gasteiger partial charge in [0.15, 0.2) is 0 Å². The number of fused-ring (bicyclic) bond motifs is 1. The van der Waals surface area contributed by atoms with E-state index in [9.17, 15) is 14.9 Å². The van der Waals surface area contributed by atoms with E-state index in [-0.39, 0.29) is 18.4 Å². The van der Waals surface area contributed by atoms with Gasteiger partial charge in [-0.3, -0.25) is 10.1 Å². The molecule has 1 aromatic carbocycles. The summed E-state index contributed by atoms with van der Waals surface area (Å²) in [4.78, 5) is 27.7. The first-order valence-electron chi connectivity index (χ1n) is 11.0. The van der Waals surface area contributed by atoms with Crippen molar-refractivity contribution >= 4 is 16.9 Å². The van der Waals surface area contributed by atoms with E-state index in [1.165, 1.54) is 25.8 Å². The third-order valence-electron chi connectivity index (χ3n) is 6.40. The molecule has 1 heterocycles. The Kier molecular flexibility index (Phi) is 6.53. The van der Waals surface area contributed by atoms with Crippen LogP contribution in [0.4, 0.5) is 0 Å². The highest BCUT2D eigenvalue weighted by molar-refractivity contribution is 5.84. The molecule has 1 atom stereocenters. The highest BCUT2D eigenvalue weighted by atomic mass is 16.6. The number of aromatic nitrogens is 1. The molecular formula is C24H32N2O5. The van der Waals surface area contributed by atoms with E-state index in [4.69, 9.17) is 9.47 Å². The summed E-state index contributed by atoms with van der Waals surface area (Å²) in [6, 6.07) is 8.77. The van der Waals surface area contributed by atoms with E-state index in [1.54, 1.807) is 19.1 Å². The van der Waals surface area contributed by atoms with Crippen molar-refractivity contribution in [3.63, 3.8) is 0 Å². The highest BCUT2D eigenvalue weighted by Crippen LogP contribution is 2.39. The standard InChI is InChI=1S/C24H32N2O5/c1-6-30-22(27)24(5,26(28)29)21-14-7-16-15-19(12-13-20(16)25-21)31-18-10-8-17(9-11-18)23(2,3)4/h7,12-15,17-18H,6,8-11H2,1-5H3. The van der Waals surface area contributed by atoms with Crippen molar-refractivity contribution in [2.75, 3.05) is 6.61 Å². The Morgan fingerprint density at radius 2 is 1.81 bits per heavy atom. The molecular weight excluding hydrogens is 396 g/mol. The maximum absolute atomic E-state index is 12.3. The molecule has 168 valence electrons. The highest BCUT2D eigenvalue weighted by Gasteiger charge is 2.51. The van der Waals surface area contributed by atoms with E-state index in [2.05, 4.69) is 25.8 Å². The molecule has 2 aromatic rings. The van der Waals surface area contributed by atoms with Crippen LogP contribution in [0.1, 0.15) is 66.0 Å². The number of hydrogen-bond donors (Lipinski definition) is 0. The van der Waals surface area contributed by atoms with Crippen molar-refractivity contribution in [1.82, 2.24) is 4.98 Å². The monoisotopic (exact) mass is 428 g/mol. The Balaban J connectivity index is 1.77. The van der Waals surface area contributed by atoms with Gasteiger partial charge >= 0.3 is 11.5 Å². The third-order valence-corrected chi connectivity index (χ3v) is 6.40. The van der Waals surface area contributed by atoms with Crippen molar-refractivity contribution in [2.24, 2.45) is 11.3 Å². The molecule has 1 aromatic heterocycles. The van der Waals surface area contributed by atoms with Gasteiger partial charge in [0, 0.05) is 17.2 Å². The van der Waals surface area contributed by atoms with E-state index < -0.39 is 16.4 Å². The lowest BCUT2D eigenvalue weighted by Gasteiger charge is -2.36. The summed E-state index contributed by atoms with van der Waals surface area (Å²) in [5.41, 5.74) is -1.10. The third kappa shape index (κ3) is 4.81. The first-order valence-corrected chi connectivity index (χ1v) is 11.0. The summed E-state index contributed by atoms with van der Waals surface area (Å²) in [6.07, 6.45) is 4.61. The topological polar surface area (TPSA) is 91.6 Å². The van der Waals surface area contributed by atoms with Crippen LogP contribution in [0, 0.1) is 21.4 Å². The Morgan fingerprint density at radius 1 is 1.13 bits per heavy atom. The zero-order chi connectivity index (χ0) is 22.8. The number of hydrogen-bond acceptors (Lipinski definition) is 6. The first kappa shape index (κ1) is 23.0. The lowest BCUT2D eigenvalue weighted by Crippen LogP contribution is -2.42. The maximum Gasteiger partial charge on any atom is 0.391 e. The van der Waals surface area contributed by atoms with Crippen molar-refractivity contribution < 1.29 is 19.2 Å². The number of ether oxygens (including phenoxy) is 2. The average Bonchev–Trinajstić information content (AvgIpc) is 2.72. The molecule has 7 nitrogen and oxygen atoms in total. The molecule has 0 bridgehead atoms. The second-order valence-corrected chi connectivity index (χ2v) is 9.56. The van der Waals surface area contributed by atoms with Gasteiger partial charge in [0.1, 0.15) is 11.4 Å². The van der Waals surface area contributed by atoms with Crippen LogP contribution in [-0.2, 0) is 15.1 Å². The molecule has 1 aliphatic rings. The van der Waals surface area contributed by atoms with Gasteiger partial charge < -0.3 is 9.47 Å². The smallest absolute Gasteiger partial charge is 0.391 e. The van der Waals surface area contributed by atoms with E-state index in [0.717, 1.165) is 29.9 Å². The van der Waals surface area contributed by atoms with Gasteiger partial charge in [-0.05, 0) is 68.2 Å². The van der Waals surface area contributed by atoms with Crippen molar-refractivity contribution in [1.29, 1.82) is 0 Å². The largest absolute Gasteiger partial charge is 0.490 e. The number of carbonyl (C=O) groups excluding carboxylic acids is 1. The maximum atomic E-state index is 12.3. The lowest BCUT2D eigenvalue weighted by molar-refractivity contribution is -0.560. The predicted molar refractivity (Wildman–Crippen MR) is 119 cm³/mol. The van der Waals surface area contributed by atoms with Gasteiger partial charge in [0.2, 0.25) is 0 Å². The van der Waals surface area contributed by atoms with Gasteiger partial charge in [-0.25, -0.2) is 9.78 Å². The number of benzene rings is 1. The predicted octanol–water partition coefficient (Wildman–Crippen LogP) is 5.27. The molecule has 3 rings (SSSR count). The Labute approximate surface area is 183 Å². The molecule has 1 saturated carbocycles. The molecule has 0 amide bonds. The summed E-state index contributed by atoms with van der Waals surface area (Å²) < 4.78 is 11.1. The van der Waals surface area contributed by atoms with Crippen LogP contribution in [0.2, 0.25) is 0 Å². The fraction of sp³-hybridized carbons (Fsp3) is 0.583. The molecule has 0 radical (unpaired) electrons. The Bertz CT molecular complexity index is 960. The summed E-state index contributed by atoms with van der Waals surface area (Å²) in [5, 5.41) is 12.5. The Morgan fingerprint density at radius 3 is 2.39 bits per heavy atom. The number of rotatable bonds is 6. The van der Waals surface area contributed by atoms with Crippen LogP contribution < -0.4 is 4.74 Å². The molecule has 0 saturated heterocycles. The second kappa shape index (κ2) is 8.81. The molecule has 0 spiro atoms. The van der Waals surface area contributed by atoms with Crippen LogP contribution in [0.3, 0.4) is 0 Å². The van der Waals surface area contributed by atoms with Gasteiger partial charge in [-0.15, -0.1) is 0 Å². The van der Waals surface area contributed by atoms with Crippen LogP contribution in [0.15, 0.2) is 30.3 Å². The minimum absolute atomic E-state index is 0.0534. The molecule has 7 heteroatoms. The van der Waals surface area contributed by atoms with Gasteiger partial charge in [0.05, 0.1) is 18.2 Å². The minimum atomic E-state index is -2.05. The fourth-order valence-electron chi connectivity index (χ4n) is 4.23. The van der Waals surface area contributed by atoms with E-state index in [0.29, 0.717) is 10.9 Å². The van der Waals surface area contributed by atoms with Gasteiger partial charge in [0.25, 0.3) is 0 Å². The Hall–Kier alpha value is -2.70. The molecule has 1 unspecified atom stereocenters. The molecule has 1 fully saturated rings. The summed E-state index contributed by atoms with van der Waals surface area (Å²) in [6.45, 7) is 9.81.